The zero-order chi connectivity index (χ0) is 22.1. The van der Waals surface area contributed by atoms with Crippen LogP contribution in [0.1, 0.15) is 22.3 Å². The van der Waals surface area contributed by atoms with Crippen LogP contribution in [-0.2, 0) is 11.8 Å². The Morgan fingerprint density at radius 1 is 1.13 bits per heavy atom. The molecular weight excluding hydrogens is 395 g/mol. The quantitative estimate of drug-likeness (QED) is 0.414. The largest absolute Gasteiger partial charge is 0.366 e. The Bertz CT molecular complexity index is 1480. The van der Waals surface area contributed by atoms with Crippen molar-refractivity contribution in [2.75, 3.05) is 0 Å². The molecule has 4 aromatic rings. The summed E-state index contributed by atoms with van der Waals surface area (Å²) in [6.45, 7) is 3.50. The van der Waals surface area contributed by atoms with Gasteiger partial charge in [-0.2, -0.15) is 15.5 Å². The topological polar surface area (TPSA) is 102 Å². The van der Waals surface area contributed by atoms with Crippen molar-refractivity contribution in [2.45, 2.75) is 0 Å². The number of fused-ring (bicyclic) bond motifs is 1. The molecule has 0 spiro atoms. The second-order valence-corrected chi connectivity index (χ2v) is 6.80. The highest BCUT2D eigenvalue weighted by atomic mass is 19.1. The lowest BCUT2D eigenvalue weighted by Gasteiger charge is -2.04. The molecule has 0 radical (unpaired) electrons. The van der Waals surface area contributed by atoms with E-state index in [1.807, 2.05) is 19.3 Å². The molecule has 3 heterocycles. The van der Waals surface area contributed by atoms with Crippen molar-refractivity contribution in [2.24, 2.45) is 12.8 Å². The number of aryl methyl sites for hydroxylation is 1. The highest BCUT2D eigenvalue weighted by Gasteiger charge is 2.13. The fourth-order valence-electron chi connectivity index (χ4n) is 3.14. The third-order valence-corrected chi connectivity index (χ3v) is 4.70. The van der Waals surface area contributed by atoms with Crippen molar-refractivity contribution in [1.29, 1.82) is 5.26 Å². The Hall–Kier alpha value is -4.69. The van der Waals surface area contributed by atoms with Crippen molar-refractivity contribution in [3.63, 3.8) is 0 Å². The van der Waals surface area contributed by atoms with Crippen LogP contribution in [0.15, 0.2) is 55.6 Å². The van der Waals surface area contributed by atoms with Crippen molar-refractivity contribution in [3.05, 3.63) is 83.7 Å². The van der Waals surface area contributed by atoms with E-state index in [0.29, 0.717) is 22.2 Å². The number of halogens is 1. The van der Waals surface area contributed by atoms with Crippen LogP contribution in [0.4, 0.5) is 4.39 Å². The second kappa shape index (κ2) is 7.62. The molecule has 31 heavy (non-hydrogen) atoms. The van der Waals surface area contributed by atoms with Gasteiger partial charge in [-0.05, 0) is 18.2 Å². The summed E-state index contributed by atoms with van der Waals surface area (Å²) in [5, 5.41) is 17.9. The number of amides is 1. The first-order chi connectivity index (χ1) is 14.9. The van der Waals surface area contributed by atoms with Crippen molar-refractivity contribution >= 4 is 17.0 Å². The van der Waals surface area contributed by atoms with Gasteiger partial charge >= 0.3 is 0 Å². The fraction of sp³-hybridized carbons (Fsp3) is 0.0435. The molecule has 3 aromatic heterocycles. The molecule has 0 bridgehead atoms. The molecule has 0 atom stereocenters. The summed E-state index contributed by atoms with van der Waals surface area (Å²) in [6.07, 6.45) is 6.83. The fourth-order valence-corrected chi connectivity index (χ4v) is 3.14. The van der Waals surface area contributed by atoms with Gasteiger partial charge in [-0.15, -0.1) is 0 Å². The summed E-state index contributed by atoms with van der Waals surface area (Å²) in [5.74, 6) is 4.48. The predicted molar refractivity (Wildman–Crippen MR) is 113 cm³/mol. The molecule has 4 rings (SSSR count). The highest BCUT2D eigenvalue weighted by molar-refractivity contribution is 6.17. The second-order valence-electron chi connectivity index (χ2n) is 6.80. The van der Waals surface area contributed by atoms with E-state index in [2.05, 4.69) is 34.7 Å². The lowest BCUT2D eigenvalue weighted by atomic mass is 10.0. The minimum absolute atomic E-state index is 0.0292. The molecule has 0 fully saturated rings. The minimum Gasteiger partial charge on any atom is -0.366 e. The first-order valence-electron chi connectivity index (χ1n) is 9.08. The molecule has 150 valence electrons. The Kier molecular flexibility index (Phi) is 4.82. The van der Waals surface area contributed by atoms with Gasteiger partial charge in [0.25, 0.3) is 0 Å². The Morgan fingerprint density at radius 2 is 1.94 bits per heavy atom. The predicted octanol–water partition coefficient (Wildman–Crippen LogP) is 2.64. The number of nitrogens with zero attached hydrogens (tertiary/aromatic N) is 5. The summed E-state index contributed by atoms with van der Waals surface area (Å²) < 4.78 is 17.7. The smallest absolute Gasteiger partial charge is 0.248 e. The SMILES string of the molecule is C=C(C(N)=O)c1ccc(C#Cc2cc(-c3cnn(C)c3)cn3ncc(C#N)c23)cc1F. The van der Waals surface area contributed by atoms with E-state index in [1.165, 1.54) is 18.3 Å². The number of rotatable bonds is 3. The van der Waals surface area contributed by atoms with Gasteiger partial charge in [-0.3, -0.25) is 9.48 Å². The lowest BCUT2D eigenvalue weighted by molar-refractivity contribution is -0.112. The molecule has 1 aromatic carbocycles. The average molecular weight is 410 g/mol. The minimum atomic E-state index is -0.794. The lowest BCUT2D eigenvalue weighted by Crippen LogP contribution is -2.12. The summed E-state index contributed by atoms with van der Waals surface area (Å²) in [5.41, 5.74) is 8.65. The van der Waals surface area contributed by atoms with Gasteiger partial charge < -0.3 is 5.73 Å². The van der Waals surface area contributed by atoms with E-state index in [-0.39, 0.29) is 11.1 Å². The Balaban J connectivity index is 1.82. The van der Waals surface area contributed by atoms with Gasteiger partial charge in [0.2, 0.25) is 5.91 Å². The van der Waals surface area contributed by atoms with Crippen LogP contribution in [0.2, 0.25) is 0 Å². The van der Waals surface area contributed by atoms with Crippen LogP contribution in [0.3, 0.4) is 0 Å². The van der Waals surface area contributed by atoms with Crippen LogP contribution < -0.4 is 5.73 Å². The van der Waals surface area contributed by atoms with E-state index in [9.17, 15) is 14.4 Å². The summed E-state index contributed by atoms with van der Waals surface area (Å²) in [7, 11) is 1.82. The molecule has 8 heteroatoms. The van der Waals surface area contributed by atoms with E-state index >= 15 is 0 Å². The number of carbonyl (C=O) groups excluding carboxylic acids is 1. The molecule has 0 saturated carbocycles. The molecule has 0 aliphatic rings. The number of carbonyl (C=O) groups is 1. The zero-order valence-corrected chi connectivity index (χ0v) is 16.4. The van der Waals surface area contributed by atoms with Gasteiger partial charge in [0, 0.05) is 47.3 Å². The van der Waals surface area contributed by atoms with Crippen LogP contribution in [-0.4, -0.2) is 25.3 Å². The molecule has 0 unspecified atom stereocenters. The maximum atomic E-state index is 14.4. The van der Waals surface area contributed by atoms with E-state index < -0.39 is 11.7 Å². The van der Waals surface area contributed by atoms with Gasteiger partial charge in [0.05, 0.1) is 29.0 Å². The number of hydrogen-bond acceptors (Lipinski definition) is 4. The number of nitriles is 1. The van der Waals surface area contributed by atoms with Gasteiger partial charge in [0.15, 0.2) is 0 Å². The molecule has 0 saturated heterocycles. The molecule has 0 aliphatic carbocycles. The van der Waals surface area contributed by atoms with Crippen LogP contribution >= 0.6 is 0 Å². The number of benzene rings is 1. The summed E-state index contributed by atoms with van der Waals surface area (Å²) in [6, 6.07) is 8.14. The van der Waals surface area contributed by atoms with Gasteiger partial charge in [0.1, 0.15) is 11.9 Å². The van der Waals surface area contributed by atoms with Crippen molar-refractivity contribution < 1.29 is 9.18 Å². The number of aromatic nitrogens is 4. The average Bonchev–Trinajstić information content (AvgIpc) is 3.37. The van der Waals surface area contributed by atoms with Crippen molar-refractivity contribution in [3.8, 4) is 29.0 Å². The molecular formula is C23H15FN6O. The maximum Gasteiger partial charge on any atom is 0.248 e. The number of pyridine rings is 1. The normalized spacial score (nSPS) is 10.4. The van der Waals surface area contributed by atoms with Crippen LogP contribution in [0.5, 0.6) is 0 Å². The van der Waals surface area contributed by atoms with E-state index in [1.54, 1.807) is 27.7 Å². The third-order valence-electron chi connectivity index (χ3n) is 4.70. The van der Waals surface area contributed by atoms with Gasteiger partial charge in [-0.1, -0.05) is 24.5 Å². The maximum absolute atomic E-state index is 14.4. The van der Waals surface area contributed by atoms with E-state index in [0.717, 1.165) is 11.1 Å². The van der Waals surface area contributed by atoms with Crippen LogP contribution in [0.25, 0.3) is 22.2 Å². The standard InChI is InChI=1S/C23H15FN6O/c1-14(23(26)31)20-6-4-15(7-21(20)24)3-5-16-8-17(19-11-27-29(2)12-19)13-30-22(16)18(9-25)10-28-30/h4,6-8,10-13H,1H2,2H3,(H2,26,31). The molecule has 7 nitrogen and oxygen atoms in total. The molecule has 2 N–H and O–H groups in total. The Labute approximate surface area is 176 Å². The van der Waals surface area contributed by atoms with Crippen molar-refractivity contribution in [1.82, 2.24) is 19.4 Å². The number of primary amides is 1. The van der Waals surface area contributed by atoms with Gasteiger partial charge in [-0.25, -0.2) is 8.91 Å². The zero-order valence-electron chi connectivity index (χ0n) is 16.4. The monoisotopic (exact) mass is 410 g/mol. The molecule has 0 aliphatic heterocycles. The van der Waals surface area contributed by atoms with Crippen LogP contribution in [0, 0.1) is 29.0 Å². The number of hydrogen-bond donors (Lipinski definition) is 1. The Morgan fingerprint density at radius 3 is 2.58 bits per heavy atom. The number of nitrogens with two attached hydrogens (primary N) is 1. The highest BCUT2D eigenvalue weighted by Crippen LogP contribution is 2.24. The first kappa shape index (κ1) is 19.6. The summed E-state index contributed by atoms with van der Waals surface area (Å²) >= 11 is 0. The third kappa shape index (κ3) is 3.66. The molecule has 1 amide bonds. The summed E-state index contributed by atoms with van der Waals surface area (Å²) in [4.78, 5) is 11.2. The van der Waals surface area contributed by atoms with E-state index in [4.69, 9.17) is 5.73 Å². The first-order valence-corrected chi connectivity index (χ1v) is 9.08.